The SMILES string of the molecule is C.C(=NC1CCCCC1)=NC1CCCCC1.CCC=CCCC(=O)OC(=O)CCC=CCC.CCC=CCCC(C)=O.NCCc1ccc(O)c(O)c1.[2HH]. The highest BCUT2D eigenvalue weighted by atomic mass is 16.6. The Kier molecular flexibility index (Phi) is 35.4. The molecule has 0 saturated heterocycles. The number of benzene rings is 1. The summed E-state index contributed by atoms with van der Waals surface area (Å²) in [6.07, 6.45) is 32.3. The molecule has 2 aliphatic rings. The van der Waals surface area contributed by atoms with E-state index in [2.05, 4.69) is 39.8 Å². The molecule has 9 heteroatoms. The lowest BCUT2D eigenvalue weighted by atomic mass is 9.96. The van der Waals surface area contributed by atoms with Gasteiger partial charge in [-0.1, -0.05) is 109 Å². The maximum Gasteiger partial charge on any atom is 0.313 e. The van der Waals surface area contributed by atoms with E-state index < -0.39 is 11.9 Å². The number of allylic oxidation sites excluding steroid dienone is 6. The van der Waals surface area contributed by atoms with Gasteiger partial charge >= 0.3 is 11.9 Å². The first-order valence-corrected chi connectivity index (χ1v) is 19.7. The second-order valence-electron chi connectivity index (χ2n) is 13.1. The maximum atomic E-state index is 11.2. The molecule has 0 spiro atoms. The minimum absolute atomic E-state index is 0. The molecule has 0 aromatic heterocycles. The van der Waals surface area contributed by atoms with Gasteiger partial charge in [0.2, 0.25) is 0 Å². The van der Waals surface area contributed by atoms with E-state index in [4.69, 9.17) is 15.9 Å². The van der Waals surface area contributed by atoms with Crippen LogP contribution in [0.5, 0.6) is 11.5 Å². The molecule has 53 heavy (non-hydrogen) atoms. The summed E-state index contributed by atoms with van der Waals surface area (Å²) in [5.41, 5.74) is 6.24. The number of nitrogens with two attached hydrogens (primary N) is 1. The van der Waals surface area contributed by atoms with Crippen LogP contribution in [0.2, 0.25) is 0 Å². The normalized spacial score (nSPS) is 14.4. The molecule has 0 unspecified atom stereocenters. The third-order valence-electron chi connectivity index (χ3n) is 8.23. The Hall–Kier alpha value is -3.81. The van der Waals surface area contributed by atoms with Crippen LogP contribution in [0.25, 0.3) is 0 Å². The zero-order valence-corrected chi connectivity index (χ0v) is 32.7. The fourth-order valence-electron chi connectivity index (χ4n) is 5.28. The average Bonchev–Trinajstić information content (AvgIpc) is 3.14. The Morgan fingerprint density at radius 1 is 0.736 bits per heavy atom. The highest BCUT2D eigenvalue weighted by Gasteiger charge is 2.13. The van der Waals surface area contributed by atoms with Crippen LogP contribution in [-0.2, 0) is 25.5 Å². The van der Waals surface area contributed by atoms with Crippen molar-refractivity contribution in [2.24, 2.45) is 15.7 Å². The van der Waals surface area contributed by atoms with Gasteiger partial charge in [-0.2, -0.15) is 0 Å². The van der Waals surface area contributed by atoms with Gasteiger partial charge in [-0.25, -0.2) is 9.98 Å². The highest BCUT2D eigenvalue weighted by Crippen LogP contribution is 2.25. The second kappa shape index (κ2) is 36.5. The van der Waals surface area contributed by atoms with Crippen molar-refractivity contribution < 1.29 is 30.8 Å². The Morgan fingerprint density at radius 3 is 1.55 bits per heavy atom. The molecule has 2 aliphatic carbocycles. The van der Waals surface area contributed by atoms with Crippen molar-refractivity contribution in [2.75, 3.05) is 6.54 Å². The molecule has 2 fully saturated rings. The fourth-order valence-corrected chi connectivity index (χ4v) is 5.28. The molecular formula is C44H75N3O6. The molecule has 1 aromatic carbocycles. The zero-order chi connectivity index (χ0) is 38.7. The van der Waals surface area contributed by atoms with Gasteiger partial charge in [0, 0.05) is 20.7 Å². The van der Waals surface area contributed by atoms with E-state index >= 15 is 0 Å². The molecule has 3 rings (SSSR count). The van der Waals surface area contributed by atoms with Crippen LogP contribution < -0.4 is 5.73 Å². The van der Waals surface area contributed by atoms with Crippen LogP contribution >= 0.6 is 0 Å². The third kappa shape index (κ3) is 32.6. The first-order valence-electron chi connectivity index (χ1n) is 19.7. The van der Waals surface area contributed by atoms with Gasteiger partial charge < -0.3 is 25.5 Å². The van der Waals surface area contributed by atoms with E-state index in [0.29, 0.717) is 44.3 Å². The third-order valence-corrected chi connectivity index (χ3v) is 8.23. The summed E-state index contributed by atoms with van der Waals surface area (Å²) in [6.45, 7) is 8.32. The van der Waals surface area contributed by atoms with Crippen molar-refractivity contribution in [1.29, 1.82) is 0 Å². The molecule has 9 nitrogen and oxygen atoms in total. The molecule has 0 amide bonds. The van der Waals surface area contributed by atoms with Gasteiger partial charge in [-0.3, -0.25) is 9.59 Å². The number of aromatic hydroxyl groups is 2. The van der Waals surface area contributed by atoms with Crippen LogP contribution in [0.15, 0.2) is 64.6 Å². The first-order chi connectivity index (χ1) is 25.2. The van der Waals surface area contributed by atoms with E-state index in [-0.39, 0.29) is 39.0 Å². The zero-order valence-electron chi connectivity index (χ0n) is 32.7. The minimum atomic E-state index is -0.435. The van der Waals surface area contributed by atoms with Crippen LogP contribution in [0.3, 0.4) is 0 Å². The molecule has 0 radical (unpaired) electrons. The summed E-state index contributed by atoms with van der Waals surface area (Å²) >= 11 is 0. The second-order valence-corrected chi connectivity index (χ2v) is 13.1. The van der Waals surface area contributed by atoms with Gasteiger partial charge in [-0.05, 0) is 102 Å². The number of esters is 2. The topological polar surface area (TPSA) is 152 Å². The van der Waals surface area contributed by atoms with Gasteiger partial charge in [0.15, 0.2) is 11.5 Å². The number of phenols is 2. The van der Waals surface area contributed by atoms with Gasteiger partial charge in [-0.15, -0.1) is 0 Å². The number of Topliss-reactive ketones (excluding diaryl/α,β-unsaturated/α-hetero) is 1. The van der Waals surface area contributed by atoms with Crippen LogP contribution in [0.1, 0.15) is 164 Å². The number of ketones is 1. The van der Waals surface area contributed by atoms with Crippen molar-refractivity contribution in [3.63, 3.8) is 0 Å². The monoisotopic (exact) mass is 743 g/mol. The molecule has 1 aromatic rings. The van der Waals surface area contributed by atoms with E-state index in [0.717, 1.165) is 31.2 Å². The van der Waals surface area contributed by atoms with Crippen molar-refractivity contribution >= 4 is 23.7 Å². The van der Waals surface area contributed by atoms with Gasteiger partial charge in [0.25, 0.3) is 0 Å². The standard InChI is InChI=1S/C14H22O3.C13H22N2.C8H11NO2.C8H14O.CH4.H2/c1-3-5-7-9-11-13(15)17-14(16)12-10-8-6-4-2;1-3-7-12(8-4-1)14-11-15-13-9-5-2-6-10-13;9-4-3-6-1-2-7(10)8(11)5-6;1-3-4-5-6-7-8(2)9;;/h5-8H,3-4,9-12H2,1-2H3;12-13H,1-10H2;1-2,5,10-11H,3-4,9H2;4-5H,3,6-7H2,1-2H3;1H4;1H/i;;;;;1+1. The molecule has 0 atom stereocenters. The number of ether oxygens (including phenoxy) is 1. The smallest absolute Gasteiger partial charge is 0.313 e. The van der Waals surface area contributed by atoms with Gasteiger partial charge in [0.1, 0.15) is 5.78 Å². The Balaban J connectivity index is -0.000000651. The van der Waals surface area contributed by atoms with Crippen molar-refractivity contribution in [1.82, 2.24) is 0 Å². The number of aliphatic imine (C=N–C) groups is 2. The molecular weight excluding hydrogens is 666 g/mol. The molecule has 302 valence electrons. The Labute approximate surface area is 323 Å². The average molecular weight is 743 g/mol. The van der Waals surface area contributed by atoms with Crippen LogP contribution in [0, 0.1) is 0 Å². The summed E-state index contributed by atoms with van der Waals surface area (Å²) in [5.74, 6) is -0.775. The molecule has 0 aliphatic heterocycles. The Bertz CT molecular complexity index is 1190. The summed E-state index contributed by atoms with van der Waals surface area (Å²) in [6, 6.07) is 8.75. The lowest BCUT2D eigenvalue weighted by molar-refractivity contribution is -0.159. The number of nitrogens with zero attached hydrogens (tertiary/aromatic N) is 2. The molecule has 2 saturated carbocycles. The van der Waals surface area contributed by atoms with Crippen molar-refractivity contribution in [2.45, 2.75) is 176 Å². The number of rotatable bonds is 16. The molecule has 4 N–H and O–H groups in total. The van der Waals surface area contributed by atoms with Crippen molar-refractivity contribution in [3.05, 3.63) is 60.2 Å². The first kappa shape index (κ1) is 51.3. The summed E-state index contributed by atoms with van der Waals surface area (Å²) < 4.78 is 4.67. The van der Waals surface area contributed by atoms with Crippen LogP contribution in [-0.4, -0.2) is 52.6 Å². The number of carbonyl (C=O) groups is 3. The molecule has 0 bridgehead atoms. The fraction of sp³-hybridized carbons (Fsp3) is 0.636. The van der Waals surface area contributed by atoms with Crippen LogP contribution in [0.4, 0.5) is 0 Å². The highest BCUT2D eigenvalue weighted by molar-refractivity contribution is 5.85. The lowest BCUT2D eigenvalue weighted by Gasteiger charge is -2.17. The maximum absolute atomic E-state index is 11.2. The number of hydrogen-bond donors (Lipinski definition) is 3. The van der Waals surface area contributed by atoms with E-state index in [1.165, 1.54) is 76.3 Å². The van der Waals surface area contributed by atoms with Crippen molar-refractivity contribution in [3.8, 4) is 11.5 Å². The predicted octanol–water partition coefficient (Wildman–Crippen LogP) is 11.2. The Morgan fingerprint density at radius 2 is 1.17 bits per heavy atom. The number of carbonyl (C=O) groups excluding carboxylic acids is 3. The van der Waals surface area contributed by atoms with E-state index in [1.807, 2.05) is 38.2 Å². The lowest BCUT2D eigenvalue weighted by Crippen LogP contribution is -2.11. The van der Waals surface area contributed by atoms with E-state index in [9.17, 15) is 14.4 Å². The van der Waals surface area contributed by atoms with E-state index in [1.54, 1.807) is 13.0 Å². The minimum Gasteiger partial charge on any atom is -0.504 e. The summed E-state index contributed by atoms with van der Waals surface area (Å²) in [7, 11) is 0. The largest absolute Gasteiger partial charge is 0.504 e. The van der Waals surface area contributed by atoms with Gasteiger partial charge in [0.05, 0.1) is 18.1 Å². The summed E-state index contributed by atoms with van der Waals surface area (Å²) in [4.78, 5) is 41.7. The quantitative estimate of drug-likeness (QED) is 0.0501. The predicted molar refractivity (Wildman–Crippen MR) is 223 cm³/mol. The summed E-state index contributed by atoms with van der Waals surface area (Å²) in [5, 5.41) is 18.0. The number of phenolic OH excluding ortho intramolecular Hbond substituents is 2. The molecule has 0 heterocycles. The number of hydrogen-bond acceptors (Lipinski definition) is 9.